The number of alkyl carbamates (subject to hydrolysis) is 1. The molecule has 0 spiro atoms. The van der Waals surface area contributed by atoms with Crippen LogP contribution < -0.4 is 15.0 Å². The average molecular weight is 498 g/mol. The predicted molar refractivity (Wildman–Crippen MR) is 138 cm³/mol. The summed E-state index contributed by atoms with van der Waals surface area (Å²) in [5, 5.41) is 2.59. The molecule has 0 aliphatic carbocycles. The summed E-state index contributed by atoms with van der Waals surface area (Å²) in [5.74, 6) is 0.528. The molecule has 1 heterocycles. The summed E-state index contributed by atoms with van der Waals surface area (Å²) >= 11 is 0. The van der Waals surface area contributed by atoms with Crippen molar-refractivity contribution in [3.8, 4) is 17.2 Å². The Morgan fingerprint density at radius 1 is 1.08 bits per heavy atom. The van der Waals surface area contributed by atoms with Gasteiger partial charge in [0, 0.05) is 31.3 Å². The van der Waals surface area contributed by atoms with Crippen molar-refractivity contribution < 1.29 is 28.2 Å². The van der Waals surface area contributed by atoms with Crippen LogP contribution in [0.1, 0.15) is 40.2 Å². The molecule has 9 heteroatoms. The molecule has 0 saturated carbocycles. The van der Waals surface area contributed by atoms with Crippen molar-refractivity contribution in [3.63, 3.8) is 0 Å². The Kier molecular flexibility index (Phi) is 8.45. The summed E-state index contributed by atoms with van der Waals surface area (Å²) in [5.41, 5.74) is 3.11. The van der Waals surface area contributed by atoms with Crippen LogP contribution in [0.15, 0.2) is 40.8 Å². The molecule has 36 heavy (non-hydrogen) atoms. The second kappa shape index (κ2) is 11.3. The molecule has 0 fully saturated rings. The van der Waals surface area contributed by atoms with Gasteiger partial charge in [0.2, 0.25) is 5.89 Å². The molecule has 0 radical (unpaired) electrons. The maximum Gasteiger partial charge on any atom is 0.408 e. The van der Waals surface area contributed by atoms with Gasteiger partial charge in [-0.25, -0.2) is 14.6 Å². The van der Waals surface area contributed by atoms with Crippen LogP contribution in [0.4, 0.5) is 10.5 Å². The van der Waals surface area contributed by atoms with E-state index in [-0.39, 0.29) is 6.42 Å². The molecule has 1 amide bonds. The van der Waals surface area contributed by atoms with E-state index in [0.29, 0.717) is 22.7 Å². The van der Waals surface area contributed by atoms with Gasteiger partial charge in [0.15, 0.2) is 5.58 Å². The molecular weight excluding hydrogens is 462 g/mol. The first kappa shape index (κ1) is 26.8. The minimum atomic E-state index is -0.915. The lowest BCUT2D eigenvalue weighted by Crippen LogP contribution is -2.45. The van der Waals surface area contributed by atoms with Gasteiger partial charge in [0.25, 0.3) is 0 Å². The summed E-state index contributed by atoms with van der Waals surface area (Å²) in [6.45, 7) is 11.2. The number of rotatable bonds is 9. The summed E-state index contributed by atoms with van der Waals surface area (Å²) in [6.07, 6.45) is -0.491. The molecule has 3 aromatic rings. The van der Waals surface area contributed by atoms with E-state index in [1.54, 1.807) is 33.9 Å². The van der Waals surface area contributed by atoms with Crippen molar-refractivity contribution in [2.24, 2.45) is 0 Å². The van der Waals surface area contributed by atoms with Crippen LogP contribution in [0.5, 0.6) is 5.75 Å². The number of amides is 1. The zero-order valence-corrected chi connectivity index (χ0v) is 22.0. The zero-order valence-electron chi connectivity index (χ0n) is 22.0. The Hall–Kier alpha value is -3.75. The second-order valence-electron chi connectivity index (χ2n) is 9.30. The van der Waals surface area contributed by atoms with Gasteiger partial charge in [-0.1, -0.05) is 6.07 Å². The van der Waals surface area contributed by atoms with E-state index in [1.807, 2.05) is 30.3 Å². The van der Waals surface area contributed by atoms with Gasteiger partial charge in [0.05, 0.1) is 19.8 Å². The van der Waals surface area contributed by atoms with E-state index < -0.39 is 23.7 Å². The fraction of sp³-hybridized carbons (Fsp3) is 0.444. The average Bonchev–Trinajstić information content (AvgIpc) is 3.25. The van der Waals surface area contributed by atoms with Gasteiger partial charge in [0.1, 0.15) is 22.9 Å². The zero-order chi connectivity index (χ0) is 26.5. The van der Waals surface area contributed by atoms with E-state index in [4.69, 9.17) is 18.6 Å². The standard InChI is InChI=1S/C27H35N3O6/c1-8-30(9-2)18-11-12-19(23(16-18)33-6)24-28-20-14-17(10-13-22(20)35-24)15-21(25(31)34-7)29-26(32)36-27(3,4)5/h10-14,16,21H,8-9,15H2,1-7H3,(H,29,32)/t21-/m0/s1. The van der Waals surface area contributed by atoms with Crippen molar-refractivity contribution in [3.05, 3.63) is 42.0 Å². The summed E-state index contributed by atoms with van der Waals surface area (Å²) < 4.78 is 21.8. The van der Waals surface area contributed by atoms with Crippen molar-refractivity contribution in [1.29, 1.82) is 0 Å². The molecule has 0 aliphatic heterocycles. The fourth-order valence-electron chi connectivity index (χ4n) is 3.88. The second-order valence-corrected chi connectivity index (χ2v) is 9.30. The van der Waals surface area contributed by atoms with Crippen LogP contribution in [-0.4, -0.2) is 56.0 Å². The highest BCUT2D eigenvalue weighted by Gasteiger charge is 2.26. The van der Waals surface area contributed by atoms with Gasteiger partial charge in [-0.05, 0) is 64.4 Å². The third-order valence-electron chi connectivity index (χ3n) is 5.61. The predicted octanol–water partition coefficient (Wildman–Crippen LogP) is 4.96. The van der Waals surface area contributed by atoms with E-state index in [2.05, 4.69) is 29.0 Å². The Labute approximate surface area is 211 Å². The normalized spacial score (nSPS) is 12.2. The number of fused-ring (bicyclic) bond motifs is 1. The summed E-state index contributed by atoms with van der Waals surface area (Å²) in [6, 6.07) is 10.5. The first-order chi connectivity index (χ1) is 17.1. The number of hydrogen-bond acceptors (Lipinski definition) is 8. The number of nitrogens with one attached hydrogen (secondary N) is 1. The highest BCUT2D eigenvalue weighted by atomic mass is 16.6. The van der Waals surface area contributed by atoms with Gasteiger partial charge in [-0.2, -0.15) is 0 Å². The lowest BCUT2D eigenvalue weighted by atomic mass is 10.1. The van der Waals surface area contributed by atoms with Crippen molar-refractivity contribution >= 4 is 28.8 Å². The SMILES string of the molecule is CCN(CC)c1ccc(-c2nc3cc(C[C@H](NC(=O)OC(C)(C)C)C(=O)OC)ccc3o2)c(OC)c1. The Bertz CT molecular complexity index is 1210. The van der Waals surface area contributed by atoms with Crippen molar-refractivity contribution in [1.82, 2.24) is 10.3 Å². The van der Waals surface area contributed by atoms with Crippen LogP contribution in [-0.2, 0) is 20.7 Å². The monoisotopic (exact) mass is 497 g/mol. The van der Waals surface area contributed by atoms with Gasteiger partial charge in [-0.15, -0.1) is 0 Å². The Balaban J connectivity index is 1.87. The molecule has 0 unspecified atom stereocenters. The number of aromatic nitrogens is 1. The van der Waals surface area contributed by atoms with Gasteiger partial charge in [-0.3, -0.25) is 0 Å². The molecule has 3 rings (SSSR count). The summed E-state index contributed by atoms with van der Waals surface area (Å²) in [7, 11) is 2.90. The molecule has 1 N–H and O–H groups in total. The van der Waals surface area contributed by atoms with Crippen LogP contribution in [0.25, 0.3) is 22.6 Å². The molecule has 9 nitrogen and oxygen atoms in total. The first-order valence-electron chi connectivity index (χ1n) is 12.0. The van der Waals surface area contributed by atoms with E-state index in [1.165, 1.54) is 7.11 Å². The molecule has 2 aromatic carbocycles. The summed E-state index contributed by atoms with van der Waals surface area (Å²) in [4.78, 5) is 31.4. The highest BCUT2D eigenvalue weighted by Crippen LogP contribution is 2.35. The number of hydrogen-bond donors (Lipinski definition) is 1. The van der Waals surface area contributed by atoms with Crippen molar-refractivity contribution in [2.45, 2.75) is 52.7 Å². The van der Waals surface area contributed by atoms with Crippen LogP contribution in [0.2, 0.25) is 0 Å². The lowest BCUT2D eigenvalue weighted by Gasteiger charge is -2.22. The van der Waals surface area contributed by atoms with E-state index >= 15 is 0 Å². The number of benzene rings is 2. The molecule has 0 aliphatic rings. The third kappa shape index (κ3) is 6.47. The van der Waals surface area contributed by atoms with Crippen LogP contribution in [0, 0.1) is 0 Å². The topological polar surface area (TPSA) is 103 Å². The molecule has 194 valence electrons. The smallest absolute Gasteiger partial charge is 0.408 e. The molecule has 1 atom stereocenters. The first-order valence-corrected chi connectivity index (χ1v) is 12.0. The van der Waals surface area contributed by atoms with Crippen LogP contribution >= 0.6 is 0 Å². The Morgan fingerprint density at radius 3 is 2.42 bits per heavy atom. The molecule has 0 saturated heterocycles. The molecule has 1 aromatic heterocycles. The maximum atomic E-state index is 12.3. The highest BCUT2D eigenvalue weighted by molar-refractivity contribution is 5.83. The van der Waals surface area contributed by atoms with Crippen molar-refractivity contribution in [2.75, 3.05) is 32.2 Å². The minimum Gasteiger partial charge on any atom is -0.496 e. The fourth-order valence-corrected chi connectivity index (χ4v) is 3.88. The minimum absolute atomic E-state index is 0.200. The lowest BCUT2D eigenvalue weighted by molar-refractivity contribution is -0.143. The number of ether oxygens (including phenoxy) is 3. The number of anilines is 1. The van der Waals surface area contributed by atoms with Gasteiger partial charge >= 0.3 is 12.1 Å². The molecular formula is C27H35N3O6. The number of esters is 1. The quantitative estimate of drug-likeness (QED) is 0.414. The van der Waals surface area contributed by atoms with Gasteiger partial charge < -0.3 is 28.8 Å². The number of nitrogens with zero attached hydrogens (tertiary/aromatic N) is 2. The van der Waals surface area contributed by atoms with E-state index in [0.717, 1.165) is 29.9 Å². The number of carbonyl (C=O) groups excluding carboxylic acids is 2. The number of carbonyl (C=O) groups is 2. The maximum absolute atomic E-state index is 12.3. The van der Waals surface area contributed by atoms with E-state index in [9.17, 15) is 9.59 Å². The van der Waals surface area contributed by atoms with Crippen LogP contribution in [0.3, 0.4) is 0 Å². The number of oxazole rings is 1. The molecule has 0 bridgehead atoms. The Morgan fingerprint density at radius 2 is 1.81 bits per heavy atom. The third-order valence-corrected chi connectivity index (χ3v) is 5.61. The largest absolute Gasteiger partial charge is 0.496 e. The number of methoxy groups -OCH3 is 2.